The Hall–Kier alpha value is -3.63. The fraction of sp³-hybridized carbons (Fsp3) is 0.318. The van der Waals surface area contributed by atoms with Gasteiger partial charge in [-0.2, -0.15) is 13.2 Å². The number of hydrogen-bond donors (Lipinski definition) is 2. The lowest BCUT2D eigenvalue weighted by Gasteiger charge is -2.18. The minimum Gasteiger partial charge on any atom is -0.481 e. The average Bonchev–Trinajstić information content (AvgIpc) is 3.13. The van der Waals surface area contributed by atoms with Gasteiger partial charge < -0.3 is 9.64 Å². The Labute approximate surface area is 186 Å². The summed E-state index contributed by atoms with van der Waals surface area (Å²) < 4.78 is 56.9. The van der Waals surface area contributed by atoms with Gasteiger partial charge in [-0.3, -0.25) is 25.2 Å². The highest BCUT2D eigenvalue weighted by molar-refractivity contribution is 5.90. The zero-order valence-electron chi connectivity index (χ0n) is 17.5. The van der Waals surface area contributed by atoms with Crippen molar-refractivity contribution in [3.63, 3.8) is 0 Å². The second kappa shape index (κ2) is 9.88. The topological polar surface area (TPSA) is 87.7 Å². The van der Waals surface area contributed by atoms with E-state index in [2.05, 4.69) is 10.9 Å². The maximum atomic E-state index is 12.9. The summed E-state index contributed by atoms with van der Waals surface area (Å²) in [5.74, 6) is -2.64. The first-order valence-corrected chi connectivity index (χ1v) is 9.99. The Bertz CT molecular complexity index is 1030. The van der Waals surface area contributed by atoms with Crippen LogP contribution in [0.3, 0.4) is 0 Å². The van der Waals surface area contributed by atoms with Gasteiger partial charge in [-0.25, -0.2) is 4.39 Å². The largest absolute Gasteiger partial charge is 0.481 e. The molecule has 2 unspecified atom stereocenters. The van der Waals surface area contributed by atoms with Gasteiger partial charge >= 0.3 is 6.18 Å². The fourth-order valence-corrected chi connectivity index (χ4v) is 3.26. The van der Waals surface area contributed by atoms with Crippen molar-refractivity contribution in [2.45, 2.75) is 32.2 Å². The van der Waals surface area contributed by atoms with Crippen molar-refractivity contribution in [1.82, 2.24) is 15.8 Å². The van der Waals surface area contributed by atoms with E-state index < -0.39 is 41.4 Å². The lowest BCUT2D eigenvalue weighted by Crippen LogP contribution is -2.49. The van der Waals surface area contributed by atoms with Gasteiger partial charge in [0.1, 0.15) is 11.6 Å². The van der Waals surface area contributed by atoms with Crippen LogP contribution < -0.4 is 15.6 Å². The van der Waals surface area contributed by atoms with E-state index in [1.807, 2.05) is 0 Å². The minimum absolute atomic E-state index is 0.00157. The minimum atomic E-state index is -4.50. The van der Waals surface area contributed by atoms with E-state index in [-0.39, 0.29) is 31.2 Å². The number of ether oxygens (including phenoxy) is 1. The van der Waals surface area contributed by atoms with Crippen LogP contribution in [-0.4, -0.2) is 35.3 Å². The molecule has 11 heteroatoms. The van der Waals surface area contributed by atoms with E-state index in [0.717, 1.165) is 12.1 Å². The third-order valence-corrected chi connectivity index (χ3v) is 5.02. The summed E-state index contributed by atoms with van der Waals surface area (Å²) in [6.07, 6.45) is -5.63. The Morgan fingerprint density at radius 1 is 1.15 bits per heavy atom. The number of alkyl halides is 3. The van der Waals surface area contributed by atoms with E-state index in [4.69, 9.17) is 4.74 Å². The van der Waals surface area contributed by atoms with Gasteiger partial charge in [0, 0.05) is 19.5 Å². The number of benzene rings is 2. The van der Waals surface area contributed by atoms with Crippen LogP contribution in [0.2, 0.25) is 0 Å². The molecule has 0 spiro atoms. The smallest absolute Gasteiger partial charge is 0.416 e. The van der Waals surface area contributed by atoms with Crippen LogP contribution in [0.4, 0.5) is 17.6 Å². The van der Waals surface area contributed by atoms with Crippen LogP contribution in [0.5, 0.6) is 5.75 Å². The van der Waals surface area contributed by atoms with Crippen molar-refractivity contribution >= 4 is 17.7 Å². The zero-order chi connectivity index (χ0) is 24.2. The third-order valence-electron chi connectivity index (χ3n) is 5.02. The van der Waals surface area contributed by atoms with E-state index in [1.54, 1.807) is 0 Å². The Morgan fingerprint density at radius 3 is 2.52 bits per heavy atom. The first kappa shape index (κ1) is 24.0. The first-order valence-electron chi connectivity index (χ1n) is 9.99. The molecule has 3 rings (SSSR count). The molecule has 1 saturated heterocycles. The SMILES string of the molecule is CC(Oc1ccc(F)cc1)C(=O)NNC(=O)C1CC(=O)N(Cc2cccc(C(F)(F)F)c2)C1. The predicted molar refractivity (Wildman–Crippen MR) is 108 cm³/mol. The third kappa shape index (κ3) is 6.43. The van der Waals surface area contributed by atoms with E-state index in [0.29, 0.717) is 5.56 Å². The van der Waals surface area contributed by atoms with Gasteiger partial charge in [-0.15, -0.1) is 0 Å². The predicted octanol–water partition coefficient (Wildman–Crippen LogP) is 2.81. The standard InChI is InChI=1S/C22H21F4N3O4/c1-13(33-18-7-5-17(23)6-8-18)20(31)27-28-21(32)15-10-19(30)29(12-15)11-14-3-2-4-16(9-14)22(24,25)26/h2-9,13,15H,10-12H2,1H3,(H,27,31)(H,28,32). The number of nitrogens with zero attached hydrogens (tertiary/aromatic N) is 1. The highest BCUT2D eigenvalue weighted by Gasteiger charge is 2.35. The molecular weight excluding hydrogens is 446 g/mol. The molecule has 7 nitrogen and oxygen atoms in total. The molecule has 2 atom stereocenters. The highest BCUT2D eigenvalue weighted by Crippen LogP contribution is 2.30. The number of carbonyl (C=O) groups is 3. The molecule has 1 aliphatic heterocycles. The molecule has 1 aliphatic rings. The Balaban J connectivity index is 1.49. The number of likely N-dealkylation sites (tertiary alicyclic amines) is 1. The molecule has 2 aromatic carbocycles. The van der Waals surface area contributed by atoms with Gasteiger partial charge in [0.2, 0.25) is 11.8 Å². The number of halogens is 4. The summed E-state index contributed by atoms with van der Waals surface area (Å²) >= 11 is 0. The average molecular weight is 467 g/mol. The first-order chi connectivity index (χ1) is 15.5. The van der Waals surface area contributed by atoms with E-state index in [9.17, 15) is 31.9 Å². The molecule has 2 N–H and O–H groups in total. The molecule has 0 aliphatic carbocycles. The van der Waals surface area contributed by atoms with Gasteiger partial charge in [-0.1, -0.05) is 12.1 Å². The van der Waals surface area contributed by atoms with Gasteiger partial charge in [0.05, 0.1) is 11.5 Å². The van der Waals surface area contributed by atoms with Crippen LogP contribution >= 0.6 is 0 Å². The second-order valence-electron chi connectivity index (χ2n) is 7.57. The molecule has 33 heavy (non-hydrogen) atoms. The Morgan fingerprint density at radius 2 is 1.85 bits per heavy atom. The molecule has 0 aromatic heterocycles. The van der Waals surface area contributed by atoms with Gasteiger partial charge in [0.15, 0.2) is 6.10 Å². The number of nitrogens with one attached hydrogen (secondary N) is 2. The normalized spacial score (nSPS) is 16.9. The molecule has 176 valence electrons. The maximum Gasteiger partial charge on any atom is 0.416 e. The number of carbonyl (C=O) groups excluding carboxylic acids is 3. The second-order valence-corrected chi connectivity index (χ2v) is 7.57. The molecule has 3 amide bonds. The van der Waals surface area contributed by atoms with Crippen LogP contribution in [-0.2, 0) is 27.1 Å². The number of hydrazine groups is 1. The van der Waals surface area contributed by atoms with Crippen molar-refractivity contribution in [2.75, 3.05) is 6.54 Å². The highest BCUT2D eigenvalue weighted by atomic mass is 19.4. The molecule has 2 aromatic rings. The zero-order valence-corrected chi connectivity index (χ0v) is 17.5. The van der Waals surface area contributed by atoms with Crippen molar-refractivity contribution in [1.29, 1.82) is 0 Å². The summed E-state index contributed by atoms with van der Waals surface area (Å²) in [7, 11) is 0. The molecule has 1 heterocycles. The van der Waals surface area contributed by atoms with Crippen LogP contribution in [0.1, 0.15) is 24.5 Å². The van der Waals surface area contributed by atoms with Crippen molar-refractivity contribution in [3.05, 3.63) is 65.5 Å². The van der Waals surface area contributed by atoms with Crippen molar-refractivity contribution in [3.8, 4) is 5.75 Å². The summed E-state index contributed by atoms with van der Waals surface area (Å²) in [6, 6.07) is 9.67. The fourth-order valence-electron chi connectivity index (χ4n) is 3.26. The molecule has 0 bridgehead atoms. The summed E-state index contributed by atoms with van der Waals surface area (Å²) in [4.78, 5) is 38.0. The lowest BCUT2D eigenvalue weighted by molar-refractivity contribution is -0.137. The van der Waals surface area contributed by atoms with Crippen LogP contribution in [0.15, 0.2) is 48.5 Å². The number of rotatable bonds is 6. The quantitative estimate of drug-likeness (QED) is 0.505. The molecule has 0 radical (unpaired) electrons. The molecular formula is C22H21F4N3O4. The molecule has 1 fully saturated rings. The van der Waals surface area contributed by atoms with Crippen molar-refractivity contribution in [2.24, 2.45) is 5.92 Å². The summed E-state index contributed by atoms with van der Waals surface area (Å²) in [5.41, 5.74) is 3.90. The van der Waals surface area contributed by atoms with Crippen LogP contribution in [0, 0.1) is 11.7 Å². The number of hydrogen-bond acceptors (Lipinski definition) is 4. The lowest BCUT2D eigenvalue weighted by atomic mass is 10.1. The van der Waals surface area contributed by atoms with Gasteiger partial charge in [0.25, 0.3) is 5.91 Å². The Kier molecular flexibility index (Phi) is 7.19. The van der Waals surface area contributed by atoms with E-state index >= 15 is 0 Å². The molecule has 0 saturated carbocycles. The van der Waals surface area contributed by atoms with Crippen LogP contribution in [0.25, 0.3) is 0 Å². The maximum absolute atomic E-state index is 12.9. The summed E-state index contributed by atoms with van der Waals surface area (Å²) in [6.45, 7) is 1.36. The summed E-state index contributed by atoms with van der Waals surface area (Å²) in [5, 5.41) is 0. The number of amides is 3. The van der Waals surface area contributed by atoms with E-state index in [1.165, 1.54) is 48.2 Å². The monoisotopic (exact) mass is 467 g/mol. The van der Waals surface area contributed by atoms with Gasteiger partial charge in [-0.05, 0) is 48.9 Å². The van der Waals surface area contributed by atoms with Crippen molar-refractivity contribution < 1.29 is 36.7 Å².